The highest BCUT2D eigenvalue weighted by Crippen LogP contribution is 2.42. The fraction of sp³-hybridized carbons (Fsp3) is 0.846. The molecule has 1 unspecified atom stereocenters. The molecule has 0 amide bonds. The molecule has 0 N–H and O–H groups in total. The van der Waals surface area contributed by atoms with Gasteiger partial charge in [0.15, 0.2) is 0 Å². The minimum atomic E-state index is 0.390. The van der Waals surface area contributed by atoms with Gasteiger partial charge in [-0.15, -0.1) is 12.3 Å². The van der Waals surface area contributed by atoms with Gasteiger partial charge in [0, 0.05) is 6.42 Å². The second-order valence-corrected chi connectivity index (χ2v) is 5.43. The van der Waals surface area contributed by atoms with Crippen LogP contribution >= 0.6 is 0 Å². The summed E-state index contributed by atoms with van der Waals surface area (Å²) in [5.41, 5.74) is 0.390. The van der Waals surface area contributed by atoms with Crippen LogP contribution in [0.5, 0.6) is 0 Å². The maximum atomic E-state index is 5.44. The Hall–Kier alpha value is -0.440. The smallest absolute Gasteiger partial charge is 0.0122 e. The molecule has 1 atom stereocenters. The highest BCUT2D eigenvalue weighted by molar-refractivity contribution is 4.94. The molecule has 0 heterocycles. The van der Waals surface area contributed by atoms with Crippen LogP contribution in [-0.2, 0) is 0 Å². The average molecular weight is 178 g/mol. The maximum absolute atomic E-state index is 5.44. The molecule has 1 fully saturated rings. The molecule has 0 bridgehead atoms. The Balaban J connectivity index is 2.62. The topological polar surface area (TPSA) is 0 Å². The van der Waals surface area contributed by atoms with Gasteiger partial charge in [-0.1, -0.05) is 46.5 Å². The molecule has 13 heavy (non-hydrogen) atoms. The third-order valence-corrected chi connectivity index (χ3v) is 3.42. The van der Waals surface area contributed by atoms with Crippen LogP contribution in [0.25, 0.3) is 0 Å². The second kappa shape index (κ2) is 4.18. The first-order chi connectivity index (χ1) is 6.05. The quantitative estimate of drug-likeness (QED) is 0.563. The molecule has 0 spiro atoms. The van der Waals surface area contributed by atoms with E-state index < -0.39 is 0 Å². The van der Waals surface area contributed by atoms with Crippen LogP contribution in [0.4, 0.5) is 0 Å². The van der Waals surface area contributed by atoms with Crippen LogP contribution in [0, 0.1) is 29.6 Å². The molecular weight excluding hydrogens is 156 g/mol. The number of hydrogen-bond acceptors (Lipinski definition) is 0. The van der Waals surface area contributed by atoms with Gasteiger partial charge >= 0.3 is 0 Å². The van der Waals surface area contributed by atoms with Gasteiger partial charge in [0.05, 0.1) is 0 Å². The first-order valence-corrected chi connectivity index (χ1v) is 5.49. The summed E-state index contributed by atoms with van der Waals surface area (Å²) in [6.45, 7) is 6.98. The highest BCUT2D eigenvalue weighted by Gasteiger charge is 2.32. The third kappa shape index (κ3) is 2.76. The SMILES string of the molecule is C#CCC(C1CCCC1)C(C)(C)C. The maximum Gasteiger partial charge on any atom is 0.0122 e. The summed E-state index contributed by atoms with van der Waals surface area (Å²) in [4.78, 5) is 0. The standard InChI is InChI=1S/C13H22/c1-5-8-12(13(2,3)4)11-9-6-7-10-11/h1,11-12H,6-10H2,2-4H3. The van der Waals surface area contributed by atoms with E-state index in [1.165, 1.54) is 25.7 Å². The van der Waals surface area contributed by atoms with Crippen molar-refractivity contribution in [2.24, 2.45) is 17.3 Å². The van der Waals surface area contributed by atoms with E-state index in [9.17, 15) is 0 Å². The molecule has 0 heteroatoms. The van der Waals surface area contributed by atoms with Crippen LogP contribution in [0.1, 0.15) is 52.9 Å². The van der Waals surface area contributed by atoms with Crippen molar-refractivity contribution >= 4 is 0 Å². The molecule has 1 aliphatic rings. The molecule has 74 valence electrons. The van der Waals surface area contributed by atoms with Crippen LogP contribution in [0.15, 0.2) is 0 Å². The lowest BCUT2D eigenvalue weighted by Gasteiger charge is -2.34. The van der Waals surface area contributed by atoms with Crippen molar-refractivity contribution in [3.8, 4) is 12.3 Å². The van der Waals surface area contributed by atoms with Crippen molar-refractivity contribution in [2.45, 2.75) is 52.9 Å². The number of terminal acetylenes is 1. The van der Waals surface area contributed by atoms with E-state index >= 15 is 0 Å². The average Bonchev–Trinajstić information content (AvgIpc) is 2.49. The molecule has 0 aromatic rings. The normalized spacial score (nSPS) is 21.4. The minimum Gasteiger partial charge on any atom is -0.120 e. The predicted molar refractivity (Wildman–Crippen MR) is 58.4 cm³/mol. The summed E-state index contributed by atoms with van der Waals surface area (Å²) in [5.74, 6) is 4.49. The molecule has 1 aliphatic carbocycles. The molecule has 1 rings (SSSR count). The van der Waals surface area contributed by atoms with E-state index in [1.54, 1.807) is 0 Å². The second-order valence-electron chi connectivity index (χ2n) is 5.43. The van der Waals surface area contributed by atoms with E-state index in [4.69, 9.17) is 6.42 Å². The number of rotatable bonds is 2. The Bertz CT molecular complexity index is 183. The summed E-state index contributed by atoms with van der Waals surface area (Å²) in [7, 11) is 0. The summed E-state index contributed by atoms with van der Waals surface area (Å²) >= 11 is 0. The third-order valence-electron chi connectivity index (χ3n) is 3.42. The van der Waals surface area contributed by atoms with E-state index in [-0.39, 0.29) is 0 Å². The van der Waals surface area contributed by atoms with Gasteiger partial charge < -0.3 is 0 Å². The van der Waals surface area contributed by atoms with E-state index in [0.717, 1.165) is 18.3 Å². The Morgan fingerprint density at radius 1 is 1.31 bits per heavy atom. The van der Waals surface area contributed by atoms with Gasteiger partial charge in [-0.3, -0.25) is 0 Å². The summed E-state index contributed by atoms with van der Waals surface area (Å²) < 4.78 is 0. The fourth-order valence-electron chi connectivity index (χ4n) is 2.67. The summed E-state index contributed by atoms with van der Waals surface area (Å²) in [6.07, 6.45) is 12.1. The van der Waals surface area contributed by atoms with E-state index in [0.29, 0.717) is 5.41 Å². The van der Waals surface area contributed by atoms with Crippen LogP contribution in [0.3, 0.4) is 0 Å². The zero-order valence-electron chi connectivity index (χ0n) is 9.27. The molecule has 0 nitrogen and oxygen atoms in total. The molecule has 0 aromatic carbocycles. The minimum absolute atomic E-state index is 0.390. The lowest BCUT2D eigenvalue weighted by Crippen LogP contribution is -2.26. The largest absolute Gasteiger partial charge is 0.120 e. The monoisotopic (exact) mass is 178 g/mol. The molecule has 0 aromatic heterocycles. The van der Waals surface area contributed by atoms with Gasteiger partial charge in [0.25, 0.3) is 0 Å². The lowest BCUT2D eigenvalue weighted by molar-refractivity contribution is 0.164. The molecule has 0 aliphatic heterocycles. The zero-order chi connectivity index (χ0) is 9.90. The fourth-order valence-corrected chi connectivity index (χ4v) is 2.67. The highest BCUT2D eigenvalue weighted by atomic mass is 14.4. The van der Waals surface area contributed by atoms with Gasteiger partial charge in [-0.05, 0) is 17.3 Å². The summed E-state index contributed by atoms with van der Waals surface area (Å²) in [6, 6.07) is 0. The molecule has 0 saturated heterocycles. The van der Waals surface area contributed by atoms with Crippen molar-refractivity contribution in [3.05, 3.63) is 0 Å². The first kappa shape index (κ1) is 10.6. The van der Waals surface area contributed by atoms with Gasteiger partial charge in [-0.2, -0.15) is 0 Å². The van der Waals surface area contributed by atoms with Crippen molar-refractivity contribution in [1.29, 1.82) is 0 Å². The molecule has 0 radical (unpaired) electrons. The number of hydrogen-bond donors (Lipinski definition) is 0. The molecule has 1 saturated carbocycles. The Morgan fingerprint density at radius 3 is 2.23 bits per heavy atom. The van der Waals surface area contributed by atoms with Crippen LogP contribution < -0.4 is 0 Å². The Kier molecular flexibility index (Phi) is 3.42. The van der Waals surface area contributed by atoms with Crippen LogP contribution in [-0.4, -0.2) is 0 Å². The van der Waals surface area contributed by atoms with Gasteiger partial charge in [0.1, 0.15) is 0 Å². The van der Waals surface area contributed by atoms with E-state index in [1.807, 2.05) is 0 Å². The van der Waals surface area contributed by atoms with Crippen molar-refractivity contribution in [2.75, 3.05) is 0 Å². The summed E-state index contributed by atoms with van der Waals surface area (Å²) in [5, 5.41) is 0. The Morgan fingerprint density at radius 2 is 1.85 bits per heavy atom. The van der Waals surface area contributed by atoms with Gasteiger partial charge in [0.2, 0.25) is 0 Å². The van der Waals surface area contributed by atoms with Crippen molar-refractivity contribution in [1.82, 2.24) is 0 Å². The first-order valence-electron chi connectivity index (χ1n) is 5.49. The van der Waals surface area contributed by atoms with E-state index in [2.05, 4.69) is 26.7 Å². The predicted octanol–water partition coefficient (Wildman–Crippen LogP) is 3.86. The molecular formula is C13H22. The van der Waals surface area contributed by atoms with Crippen LogP contribution in [0.2, 0.25) is 0 Å². The Labute approximate surface area is 83.1 Å². The van der Waals surface area contributed by atoms with Crippen molar-refractivity contribution < 1.29 is 0 Å². The lowest BCUT2D eigenvalue weighted by atomic mass is 9.71. The van der Waals surface area contributed by atoms with Gasteiger partial charge in [-0.25, -0.2) is 0 Å². The zero-order valence-corrected chi connectivity index (χ0v) is 9.27. The van der Waals surface area contributed by atoms with Crippen molar-refractivity contribution in [3.63, 3.8) is 0 Å².